The lowest BCUT2D eigenvalue weighted by atomic mass is 10.2. The van der Waals surface area contributed by atoms with Crippen molar-refractivity contribution in [3.8, 4) is 5.75 Å². The molecule has 0 unspecified atom stereocenters. The van der Waals surface area contributed by atoms with Crippen molar-refractivity contribution in [1.82, 2.24) is 10.3 Å². The predicted octanol–water partition coefficient (Wildman–Crippen LogP) is 2.25. The Morgan fingerprint density at radius 3 is 2.40 bits per heavy atom. The normalized spacial score (nSPS) is 11.4. The topological polar surface area (TPSA) is 84.5 Å². The maximum absolute atomic E-state index is 11.8. The van der Waals surface area contributed by atoms with E-state index >= 15 is 0 Å². The zero-order chi connectivity index (χ0) is 18.1. The highest BCUT2D eigenvalue weighted by Gasteiger charge is 2.08. The Hall–Kier alpha value is -2.64. The maximum atomic E-state index is 11.8. The van der Waals surface area contributed by atoms with Gasteiger partial charge in [-0.25, -0.2) is 8.42 Å². The van der Waals surface area contributed by atoms with Gasteiger partial charge in [0.25, 0.3) is 15.9 Å². The van der Waals surface area contributed by atoms with E-state index in [2.05, 4.69) is 5.43 Å². The number of aryl methyl sites for hydroxylation is 1. The van der Waals surface area contributed by atoms with Gasteiger partial charge in [0.15, 0.2) is 6.61 Å². The van der Waals surface area contributed by atoms with Crippen molar-refractivity contribution in [2.45, 2.75) is 13.3 Å². The van der Waals surface area contributed by atoms with Crippen molar-refractivity contribution in [2.75, 3.05) is 6.61 Å². The first kappa shape index (κ1) is 18.7. The van der Waals surface area contributed by atoms with E-state index < -0.39 is 15.9 Å². The van der Waals surface area contributed by atoms with Crippen molar-refractivity contribution in [2.24, 2.45) is 0 Å². The number of rotatable bonds is 8. The van der Waals surface area contributed by atoms with Gasteiger partial charge in [-0.05, 0) is 35.8 Å². The summed E-state index contributed by atoms with van der Waals surface area (Å²) >= 11 is 0. The largest absolute Gasteiger partial charge is 0.484 e. The Balaban J connectivity index is 1.79. The number of carbonyl (C=O) groups is 1. The first-order chi connectivity index (χ1) is 12.0. The summed E-state index contributed by atoms with van der Waals surface area (Å²) in [5.74, 6) is -0.0598. The number of benzene rings is 2. The van der Waals surface area contributed by atoms with Gasteiger partial charge in [0.2, 0.25) is 0 Å². The zero-order valence-electron chi connectivity index (χ0n) is 13.8. The molecule has 0 aromatic heterocycles. The summed E-state index contributed by atoms with van der Waals surface area (Å²) in [6.07, 6.45) is 2.35. The minimum absolute atomic E-state index is 0.295. The molecule has 0 saturated carbocycles. The van der Waals surface area contributed by atoms with Crippen molar-refractivity contribution < 1.29 is 17.9 Å². The third-order valence-corrected chi connectivity index (χ3v) is 4.15. The molecule has 0 aliphatic rings. The zero-order valence-corrected chi connectivity index (χ0v) is 14.6. The lowest BCUT2D eigenvalue weighted by Gasteiger charge is -2.08. The standard InChI is InChI=1S/C18H20N2O4S/c1-2-15-8-10-17(11-9-15)24-14-18(21)19-20-25(22,23)13-12-16-6-4-3-5-7-16/h3-13,20H,2,14H2,1H3,(H,19,21)/b13-12+. The highest BCUT2D eigenvalue weighted by Crippen LogP contribution is 2.12. The van der Waals surface area contributed by atoms with E-state index in [4.69, 9.17) is 4.74 Å². The van der Waals surface area contributed by atoms with Crippen LogP contribution in [0.1, 0.15) is 18.1 Å². The van der Waals surface area contributed by atoms with Gasteiger partial charge in [-0.15, -0.1) is 4.83 Å². The molecule has 0 heterocycles. The Morgan fingerprint density at radius 2 is 1.76 bits per heavy atom. The van der Waals surface area contributed by atoms with Crippen LogP contribution in [0.15, 0.2) is 60.0 Å². The van der Waals surface area contributed by atoms with Crippen LogP contribution in [0.4, 0.5) is 0 Å². The number of hydrazine groups is 1. The summed E-state index contributed by atoms with van der Waals surface area (Å²) in [6.45, 7) is 1.75. The third-order valence-electron chi connectivity index (χ3n) is 3.27. The Morgan fingerprint density at radius 1 is 1.08 bits per heavy atom. The fourth-order valence-electron chi connectivity index (χ4n) is 1.90. The van der Waals surface area contributed by atoms with E-state index in [9.17, 15) is 13.2 Å². The number of amides is 1. The molecular weight excluding hydrogens is 340 g/mol. The van der Waals surface area contributed by atoms with E-state index in [0.717, 1.165) is 23.0 Å². The second-order valence-corrected chi connectivity index (χ2v) is 6.76. The van der Waals surface area contributed by atoms with E-state index in [1.165, 1.54) is 6.08 Å². The van der Waals surface area contributed by atoms with Crippen LogP contribution in [0, 0.1) is 0 Å². The third kappa shape index (κ3) is 6.78. The molecule has 2 rings (SSSR count). The molecule has 2 N–H and O–H groups in total. The summed E-state index contributed by atoms with van der Waals surface area (Å²) in [5, 5.41) is 0.979. The van der Waals surface area contributed by atoms with Crippen LogP contribution >= 0.6 is 0 Å². The van der Waals surface area contributed by atoms with Crippen molar-refractivity contribution >= 4 is 22.0 Å². The van der Waals surface area contributed by atoms with E-state index in [1.54, 1.807) is 36.4 Å². The van der Waals surface area contributed by atoms with Gasteiger partial charge in [-0.1, -0.05) is 49.4 Å². The average molecular weight is 360 g/mol. The van der Waals surface area contributed by atoms with Crippen LogP contribution < -0.4 is 15.0 Å². The molecule has 0 atom stereocenters. The molecule has 0 fully saturated rings. The van der Waals surface area contributed by atoms with Gasteiger partial charge in [0.05, 0.1) is 0 Å². The summed E-state index contributed by atoms with van der Waals surface area (Å²) in [7, 11) is -3.78. The number of sulfonamides is 1. The van der Waals surface area contributed by atoms with E-state index in [0.29, 0.717) is 5.75 Å². The highest BCUT2D eigenvalue weighted by molar-refractivity contribution is 7.92. The van der Waals surface area contributed by atoms with Gasteiger partial charge in [-0.3, -0.25) is 10.2 Å². The van der Waals surface area contributed by atoms with Gasteiger partial charge < -0.3 is 4.74 Å². The number of hydrogen-bond acceptors (Lipinski definition) is 4. The molecule has 1 amide bonds. The minimum atomic E-state index is -3.78. The summed E-state index contributed by atoms with van der Waals surface area (Å²) in [5.41, 5.74) is 3.99. The summed E-state index contributed by atoms with van der Waals surface area (Å²) in [6, 6.07) is 16.3. The fourth-order valence-corrected chi connectivity index (χ4v) is 2.56. The number of nitrogens with one attached hydrogen (secondary N) is 2. The quantitative estimate of drug-likeness (QED) is 0.707. The van der Waals surface area contributed by atoms with Crippen LogP contribution in [0.25, 0.3) is 6.08 Å². The van der Waals surface area contributed by atoms with Crippen molar-refractivity contribution in [3.63, 3.8) is 0 Å². The molecule has 25 heavy (non-hydrogen) atoms. The Bertz CT molecular complexity index is 816. The number of carbonyl (C=O) groups excluding carboxylic acids is 1. The smallest absolute Gasteiger partial charge is 0.272 e. The first-order valence-electron chi connectivity index (χ1n) is 7.74. The monoisotopic (exact) mass is 360 g/mol. The molecule has 6 nitrogen and oxygen atoms in total. The van der Waals surface area contributed by atoms with Crippen molar-refractivity contribution in [3.05, 3.63) is 71.1 Å². The second-order valence-electron chi connectivity index (χ2n) is 5.19. The first-order valence-corrected chi connectivity index (χ1v) is 9.28. The van der Waals surface area contributed by atoms with Crippen LogP contribution in [0.2, 0.25) is 0 Å². The Labute approximate surface area is 147 Å². The molecule has 0 radical (unpaired) electrons. The minimum Gasteiger partial charge on any atom is -0.484 e. The molecule has 2 aromatic carbocycles. The second kappa shape index (κ2) is 9.00. The summed E-state index contributed by atoms with van der Waals surface area (Å²) in [4.78, 5) is 13.7. The van der Waals surface area contributed by atoms with Crippen LogP contribution in [0.5, 0.6) is 5.75 Å². The van der Waals surface area contributed by atoms with E-state index in [1.807, 2.05) is 30.0 Å². The maximum Gasteiger partial charge on any atom is 0.272 e. The number of hydrogen-bond donors (Lipinski definition) is 2. The summed E-state index contributed by atoms with van der Waals surface area (Å²) < 4.78 is 28.9. The Kier molecular flexibility index (Phi) is 6.73. The van der Waals surface area contributed by atoms with Crippen LogP contribution in [-0.4, -0.2) is 20.9 Å². The highest BCUT2D eigenvalue weighted by atomic mass is 32.2. The van der Waals surface area contributed by atoms with Crippen molar-refractivity contribution in [1.29, 1.82) is 0 Å². The molecule has 0 aliphatic carbocycles. The van der Waals surface area contributed by atoms with Gasteiger partial charge >= 0.3 is 0 Å². The van der Waals surface area contributed by atoms with Gasteiger partial charge in [-0.2, -0.15) is 0 Å². The number of ether oxygens (including phenoxy) is 1. The average Bonchev–Trinajstić information content (AvgIpc) is 2.64. The van der Waals surface area contributed by atoms with Gasteiger partial charge in [0, 0.05) is 5.41 Å². The van der Waals surface area contributed by atoms with Crippen LogP contribution in [-0.2, 0) is 21.2 Å². The van der Waals surface area contributed by atoms with Gasteiger partial charge in [0.1, 0.15) is 5.75 Å². The fraction of sp³-hybridized carbons (Fsp3) is 0.167. The molecule has 2 aromatic rings. The van der Waals surface area contributed by atoms with E-state index in [-0.39, 0.29) is 6.61 Å². The molecule has 0 aliphatic heterocycles. The van der Waals surface area contributed by atoms with Crippen LogP contribution in [0.3, 0.4) is 0 Å². The molecule has 0 bridgehead atoms. The SMILES string of the molecule is CCc1ccc(OCC(=O)NNS(=O)(=O)/C=C/c2ccccc2)cc1. The lowest BCUT2D eigenvalue weighted by molar-refractivity contribution is -0.123. The molecule has 7 heteroatoms. The predicted molar refractivity (Wildman–Crippen MR) is 97.0 cm³/mol. The molecule has 0 spiro atoms. The molecular formula is C18H20N2O4S. The lowest BCUT2D eigenvalue weighted by Crippen LogP contribution is -2.42. The molecule has 0 saturated heterocycles. The molecule has 132 valence electrons.